The van der Waals surface area contributed by atoms with E-state index in [1.807, 2.05) is 13.8 Å². The van der Waals surface area contributed by atoms with Gasteiger partial charge in [-0.25, -0.2) is 0 Å². The number of hydrogen-bond donors (Lipinski definition) is 2. The molecule has 2 heterocycles. The summed E-state index contributed by atoms with van der Waals surface area (Å²) >= 11 is 1.66. The van der Waals surface area contributed by atoms with Gasteiger partial charge in [0, 0.05) is 18.2 Å². The van der Waals surface area contributed by atoms with Crippen LogP contribution in [0.1, 0.15) is 57.7 Å². The van der Waals surface area contributed by atoms with Crippen molar-refractivity contribution in [1.82, 2.24) is 20.5 Å². The lowest BCUT2D eigenvalue weighted by Gasteiger charge is -2.27. The van der Waals surface area contributed by atoms with Crippen LogP contribution in [0.15, 0.2) is 30.3 Å². The van der Waals surface area contributed by atoms with E-state index >= 15 is 0 Å². The maximum absolute atomic E-state index is 12.9. The number of benzene rings is 1. The molecule has 1 aromatic carbocycles. The third-order valence-corrected chi connectivity index (χ3v) is 6.86. The third kappa shape index (κ3) is 5.93. The van der Waals surface area contributed by atoms with Gasteiger partial charge in [-0.05, 0) is 81.3 Å². The van der Waals surface area contributed by atoms with Gasteiger partial charge >= 0.3 is 6.36 Å². The van der Waals surface area contributed by atoms with Crippen molar-refractivity contribution in [1.29, 1.82) is 0 Å². The number of nitrogens with one attached hydrogen (secondary N) is 2. The van der Waals surface area contributed by atoms with Crippen LogP contribution in [0.5, 0.6) is 5.75 Å². The Bertz CT molecular complexity index is 1100. The zero-order chi connectivity index (χ0) is 23.6. The fourth-order valence-electron chi connectivity index (χ4n) is 4.24. The fraction of sp³-hybridized carbons (Fsp3) is 0.435. The van der Waals surface area contributed by atoms with Crippen LogP contribution < -0.4 is 10.1 Å². The van der Waals surface area contributed by atoms with Crippen LogP contribution in [-0.2, 0) is 0 Å². The topological polar surface area (TPSA) is 79.9 Å². The van der Waals surface area contributed by atoms with Crippen LogP contribution in [0.4, 0.5) is 13.2 Å². The molecule has 0 saturated heterocycles. The summed E-state index contributed by atoms with van der Waals surface area (Å²) in [4.78, 5) is 16.1. The Morgan fingerprint density at radius 2 is 1.85 bits per heavy atom. The summed E-state index contributed by atoms with van der Waals surface area (Å²) < 4.78 is 41.1. The van der Waals surface area contributed by atoms with Crippen molar-refractivity contribution in [2.75, 3.05) is 6.54 Å². The first-order valence-electron chi connectivity index (χ1n) is 10.8. The van der Waals surface area contributed by atoms with Gasteiger partial charge in [-0.15, -0.1) is 34.7 Å². The number of H-pyrrole nitrogens is 1. The quantitative estimate of drug-likeness (QED) is 0.473. The van der Waals surface area contributed by atoms with Crippen molar-refractivity contribution in [3.8, 4) is 17.0 Å². The molecule has 4 rings (SSSR count). The molecule has 0 atom stereocenters. The molecule has 0 radical (unpaired) electrons. The Kier molecular flexibility index (Phi) is 6.73. The predicted molar refractivity (Wildman–Crippen MR) is 119 cm³/mol. The molecule has 2 N–H and O–H groups in total. The van der Waals surface area contributed by atoms with E-state index in [2.05, 4.69) is 25.2 Å². The van der Waals surface area contributed by atoms with E-state index in [0.29, 0.717) is 35.2 Å². The van der Waals surface area contributed by atoms with Gasteiger partial charge in [-0.1, -0.05) is 0 Å². The zero-order valence-corrected chi connectivity index (χ0v) is 19.1. The summed E-state index contributed by atoms with van der Waals surface area (Å²) in [6, 6.07) is 7.22. The Labute approximate surface area is 193 Å². The molecule has 10 heteroatoms. The molecule has 0 bridgehead atoms. The minimum Gasteiger partial charge on any atom is -0.406 e. The molecular formula is C23H25F3N4O2S. The first-order chi connectivity index (χ1) is 15.7. The van der Waals surface area contributed by atoms with Crippen LogP contribution in [0.3, 0.4) is 0 Å². The average Bonchev–Trinajstić information content (AvgIpc) is 3.37. The van der Waals surface area contributed by atoms with Crippen molar-refractivity contribution in [3.63, 3.8) is 0 Å². The van der Waals surface area contributed by atoms with Gasteiger partial charge in [-0.3, -0.25) is 4.79 Å². The normalized spacial score (nSPS) is 18.8. The van der Waals surface area contributed by atoms with E-state index in [0.717, 1.165) is 41.4 Å². The Morgan fingerprint density at radius 3 is 2.45 bits per heavy atom. The maximum atomic E-state index is 12.9. The second kappa shape index (κ2) is 9.54. The minimum absolute atomic E-state index is 0.202. The maximum Gasteiger partial charge on any atom is 0.573 e. The Hall–Kier alpha value is -2.88. The lowest BCUT2D eigenvalue weighted by atomic mass is 9.82. The van der Waals surface area contributed by atoms with Crippen molar-refractivity contribution < 1.29 is 22.7 Å². The van der Waals surface area contributed by atoms with Crippen LogP contribution in [0.25, 0.3) is 11.3 Å². The van der Waals surface area contributed by atoms with Gasteiger partial charge in [0.15, 0.2) is 0 Å². The van der Waals surface area contributed by atoms with Crippen LogP contribution in [-0.4, -0.2) is 34.0 Å². The molecule has 1 amide bonds. The van der Waals surface area contributed by atoms with Crippen molar-refractivity contribution in [2.45, 2.75) is 51.8 Å². The first-order valence-corrected chi connectivity index (χ1v) is 11.6. The molecule has 1 aliphatic carbocycles. The summed E-state index contributed by atoms with van der Waals surface area (Å²) in [7, 11) is 0. The largest absolute Gasteiger partial charge is 0.573 e. The van der Waals surface area contributed by atoms with Crippen LogP contribution in [0, 0.1) is 19.8 Å². The SMILES string of the molecule is Cc1cc(C(=O)NCC2CCC(c3nnc(C)s3)CC2)c(-c2ccc(OC(F)(F)F)cc2)[nH]1. The molecule has 1 fully saturated rings. The van der Waals surface area contributed by atoms with E-state index in [9.17, 15) is 18.0 Å². The first kappa shape index (κ1) is 23.3. The number of carbonyl (C=O) groups excluding carboxylic acids is 1. The third-order valence-electron chi connectivity index (χ3n) is 5.86. The van der Waals surface area contributed by atoms with Crippen molar-refractivity contribution in [3.05, 3.63) is 51.6 Å². The number of rotatable bonds is 6. The lowest BCUT2D eigenvalue weighted by molar-refractivity contribution is -0.274. The van der Waals surface area contributed by atoms with Crippen LogP contribution >= 0.6 is 11.3 Å². The number of amides is 1. The average molecular weight is 479 g/mol. The van der Waals surface area contributed by atoms with Gasteiger partial charge in [0.25, 0.3) is 5.91 Å². The number of hydrogen-bond acceptors (Lipinski definition) is 5. The van der Waals surface area contributed by atoms with Gasteiger partial charge in [0.2, 0.25) is 0 Å². The van der Waals surface area contributed by atoms with Gasteiger partial charge in [0.1, 0.15) is 15.8 Å². The highest BCUT2D eigenvalue weighted by Crippen LogP contribution is 2.36. The number of aryl methyl sites for hydroxylation is 2. The molecule has 176 valence electrons. The molecule has 0 aliphatic heterocycles. The standard InChI is InChI=1S/C23H25F3N4O2S/c1-13-11-19(20(28-13)16-7-9-18(10-8-16)32-23(24,25)26)21(31)27-12-15-3-5-17(6-4-15)22-30-29-14(2)33-22/h7-11,15,17,28H,3-6,12H2,1-2H3,(H,27,31). The molecular weight excluding hydrogens is 453 g/mol. The lowest BCUT2D eigenvalue weighted by Crippen LogP contribution is -2.31. The van der Waals surface area contributed by atoms with Gasteiger partial charge < -0.3 is 15.0 Å². The summed E-state index contributed by atoms with van der Waals surface area (Å²) in [6.45, 7) is 4.38. The summed E-state index contributed by atoms with van der Waals surface area (Å²) in [6.07, 6.45) is -0.635. The highest BCUT2D eigenvalue weighted by Gasteiger charge is 2.31. The molecule has 0 unspecified atom stereocenters. The number of halogens is 3. The summed E-state index contributed by atoms with van der Waals surface area (Å²) in [5.74, 6) is 0.347. The predicted octanol–water partition coefficient (Wildman–Crippen LogP) is 5.75. The van der Waals surface area contributed by atoms with E-state index in [1.54, 1.807) is 17.4 Å². The summed E-state index contributed by atoms with van der Waals surface area (Å²) in [5.41, 5.74) is 2.43. The minimum atomic E-state index is -4.75. The number of nitrogens with zero attached hydrogens (tertiary/aromatic N) is 2. The van der Waals surface area contributed by atoms with Crippen molar-refractivity contribution >= 4 is 17.2 Å². The smallest absolute Gasteiger partial charge is 0.406 e. The molecule has 3 aromatic rings. The summed E-state index contributed by atoms with van der Waals surface area (Å²) in [5, 5.41) is 13.5. The van der Waals surface area contributed by atoms with Gasteiger partial charge in [0.05, 0.1) is 11.3 Å². The molecule has 2 aromatic heterocycles. The molecule has 0 spiro atoms. The molecule has 6 nitrogen and oxygen atoms in total. The Morgan fingerprint density at radius 1 is 1.15 bits per heavy atom. The van der Waals surface area contributed by atoms with E-state index in [4.69, 9.17) is 0 Å². The zero-order valence-electron chi connectivity index (χ0n) is 18.3. The molecule has 1 saturated carbocycles. The number of aromatic amines is 1. The molecule has 33 heavy (non-hydrogen) atoms. The number of aromatic nitrogens is 3. The van der Waals surface area contributed by atoms with E-state index in [1.165, 1.54) is 24.3 Å². The highest BCUT2D eigenvalue weighted by atomic mass is 32.1. The Balaban J connectivity index is 1.36. The second-order valence-corrected chi connectivity index (χ2v) is 9.61. The molecule has 1 aliphatic rings. The highest BCUT2D eigenvalue weighted by molar-refractivity contribution is 7.11. The fourth-order valence-corrected chi connectivity index (χ4v) is 5.11. The monoisotopic (exact) mass is 478 g/mol. The van der Waals surface area contributed by atoms with E-state index < -0.39 is 6.36 Å². The number of carbonyl (C=O) groups is 1. The number of ether oxygens (including phenoxy) is 1. The van der Waals surface area contributed by atoms with Crippen LogP contribution in [0.2, 0.25) is 0 Å². The van der Waals surface area contributed by atoms with Gasteiger partial charge in [-0.2, -0.15) is 0 Å². The number of alkyl halides is 3. The second-order valence-electron chi connectivity index (χ2n) is 8.40. The van der Waals surface area contributed by atoms with Crippen molar-refractivity contribution in [2.24, 2.45) is 5.92 Å². The van der Waals surface area contributed by atoms with E-state index in [-0.39, 0.29) is 11.7 Å².